The molecule has 0 spiro atoms. The molecule has 0 aromatic rings. The second kappa shape index (κ2) is 5.95. The summed E-state index contributed by atoms with van der Waals surface area (Å²) in [6, 6.07) is 0. The third-order valence-electron chi connectivity index (χ3n) is 3.95. The summed E-state index contributed by atoms with van der Waals surface area (Å²) in [6.07, 6.45) is -3.29. The van der Waals surface area contributed by atoms with E-state index in [2.05, 4.69) is 4.90 Å². The Kier molecular flexibility index (Phi) is 4.70. The number of aliphatic hydroxyl groups is 1. The van der Waals surface area contributed by atoms with Crippen molar-refractivity contribution < 1.29 is 23.0 Å². The SMILES string of the molecule is OCC1(CN2CCN(CC(F)(F)F)CC2)CCOC1. The molecule has 0 aliphatic carbocycles. The van der Waals surface area contributed by atoms with E-state index in [0.717, 1.165) is 6.42 Å². The van der Waals surface area contributed by atoms with Crippen molar-refractivity contribution in [2.24, 2.45) is 5.41 Å². The van der Waals surface area contributed by atoms with Crippen LogP contribution < -0.4 is 0 Å². The summed E-state index contributed by atoms with van der Waals surface area (Å²) in [5, 5.41) is 9.49. The Morgan fingerprint density at radius 3 is 2.21 bits per heavy atom. The van der Waals surface area contributed by atoms with Crippen molar-refractivity contribution in [1.29, 1.82) is 0 Å². The lowest BCUT2D eigenvalue weighted by Gasteiger charge is -2.39. The van der Waals surface area contributed by atoms with Gasteiger partial charge >= 0.3 is 6.18 Å². The van der Waals surface area contributed by atoms with Crippen LogP contribution >= 0.6 is 0 Å². The fourth-order valence-corrected chi connectivity index (χ4v) is 2.78. The van der Waals surface area contributed by atoms with Crippen molar-refractivity contribution >= 4 is 0 Å². The van der Waals surface area contributed by atoms with Crippen LogP contribution in [0.1, 0.15) is 6.42 Å². The van der Waals surface area contributed by atoms with E-state index in [4.69, 9.17) is 4.74 Å². The maximum absolute atomic E-state index is 12.3. The molecule has 2 rings (SSSR count). The van der Waals surface area contributed by atoms with E-state index < -0.39 is 12.7 Å². The van der Waals surface area contributed by atoms with Gasteiger partial charge < -0.3 is 14.7 Å². The van der Waals surface area contributed by atoms with Crippen molar-refractivity contribution in [3.63, 3.8) is 0 Å². The molecule has 2 saturated heterocycles. The summed E-state index contributed by atoms with van der Waals surface area (Å²) in [5.41, 5.74) is -0.216. The van der Waals surface area contributed by atoms with Gasteiger partial charge in [-0.1, -0.05) is 0 Å². The van der Waals surface area contributed by atoms with Crippen molar-refractivity contribution in [2.45, 2.75) is 12.6 Å². The highest BCUT2D eigenvalue weighted by atomic mass is 19.4. The Morgan fingerprint density at radius 1 is 1.11 bits per heavy atom. The summed E-state index contributed by atoms with van der Waals surface area (Å²) in [6.45, 7) is 3.29. The average Bonchev–Trinajstić information content (AvgIpc) is 2.79. The lowest BCUT2D eigenvalue weighted by atomic mass is 9.87. The number of halogens is 3. The molecule has 1 unspecified atom stereocenters. The van der Waals surface area contributed by atoms with Crippen LogP contribution in [0.2, 0.25) is 0 Å². The van der Waals surface area contributed by atoms with E-state index in [1.165, 1.54) is 4.90 Å². The van der Waals surface area contributed by atoms with Gasteiger partial charge in [-0.25, -0.2) is 0 Å². The van der Waals surface area contributed by atoms with Gasteiger partial charge in [0.1, 0.15) is 0 Å². The summed E-state index contributed by atoms with van der Waals surface area (Å²) in [5.74, 6) is 0. The predicted octanol–water partition coefficient (Wildman–Crippen LogP) is 0.565. The van der Waals surface area contributed by atoms with Gasteiger partial charge in [0.05, 0.1) is 19.8 Å². The maximum Gasteiger partial charge on any atom is 0.401 e. The minimum absolute atomic E-state index is 0.0791. The molecule has 112 valence electrons. The Labute approximate surface area is 111 Å². The zero-order valence-electron chi connectivity index (χ0n) is 11.0. The van der Waals surface area contributed by atoms with Crippen LogP contribution in [-0.4, -0.2) is 80.2 Å². The molecule has 2 heterocycles. The Morgan fingerprint density at radius 2 is 1.74 bits per heavy atom. The third-order valence-corrected chi connectivity index (χ3v) is 3.95. The molecule has 2 aliphatic rings. The number of nitrogens with zero attached hydrogens (tertiary/aromatic N) is 2. The van der Waals surface area contributed by atoms with Crippen molar-refractivity contribution in [3.8, 4) is 0 Å². The van der Waals surface area contributed by atoms with Gasteiger partial charge in [-0.15, -0.1) is 0 Å². The number of rotatable bonds is 4. The smallest absolute Gasteiger partial charge is 0.396 e. The van der Waals surface area contributed by atoms with Crippen LogP contribution in [-0.2, 0) is 4.74 Å². The highest BCUT2D eigenvalue weighted by molar-refractivity contribution is 4.87. The molecule has 0 radical (unpaired) electrons. The molecule has 0 saturated carbocycles. The summed E-state index contributed by atoms with van der Waals surface area (Å²) in [4.78, 5) is 3.57. The molecule has 0 amide bonds. The molecule has 0 bridgehead atoms. The molecule has 1 N–H and O–H groups in total. The lowest BCUT2D eigenvalue weighted by molar-refractivity contribution is -0.149. The van der Waals surface area contributed by atoms with Gasteiger partial charge in [-0.05, 0) is 6.42 Å². The number of alkyl halides is 3. The zero-order chi connectivity index (χ0) is 13.9. The number of aliphatic hydroxyl groups excluding tert-OH is 1. The number of hydrogen-bond donors (Lipinski definition) is 1. The van der Waals surface area contributed by atoms with Gasteiger partial charge in [-0.2, -0.15) is 13.2 Å². The first kappa shape index (κ1) is 15.0. The van der Waals surface area contributed by atoms with Crippen LogP contribution in [0.5, 0.6) is 0 Å². The molecule has 7 heteroatoms. The first-order valence-electron chi connectivity index (χ1n) is 6.63. The van der Waals surface area contributed by atoms with Gasteiger partial charge in [-0.3, -0.25) is 4.90 Å². The molecule has 2 aliphatic heterocycles. The summed E-state index contributed by atoms with van der Waals surface area (Å²) < 4.78 is 42.2. The molecule has 1 atom stereocenters. The quantitative estimate of drug-likeness (QED) is 0.817. The molecular formula is C12H21F3N2O2. The fraction of sp³-hybridized carbons (Fsp3) is 1.00. The van der Waals surface area contributed by atoms with Crippen LogP contribution in [0.3, 0.4) is 0 Å². The van der Waals surface area contributed by atoms with E-state index in [9.17, 15) is 18.3 Å². The van der Waals surface area contributed by atoms with E-state index in [1.807, 2.05) is 0 Å². The van der Waals surface area contributed by atoms with Gasteiger partial charge in [0.2, 0.25) is 0 Å². The predicted molar refractivity (Wildman–Crippen MR) is 63.9 cm³/mol. The molecule has 0 aromatic heterocycles. The molecule has 0 aromatic carbocycles. The van der Waals surface area contributed by atoms with Crippen molar-refractivity contribution in [1.82, 2.24) is 9.80 Å². The monoisotopic (exact) mass is 282 g/mol. The largest absolute Gasteiger partial charge is 0.401 e. The van der Waals surface area contributed by atoms with Crippen LogP contribution in [0.4, 0.5) is 13.2 Å². The van der Waals surface area contributed by atoms with E-state index in [-0.39, 0.29) is 12.0 Å². The zero-order valence-corrected chi connectivity index (χ0v) is 11.0. The first-order chi connectivity index (χ1) is 8.92. The normalized spacial score (nSPS) is 30.9. The van der Waals surface area contributed by atoms with E-state index in [0.29, 0.717) is 45.9 Å². The van der Waals surface area contributed by atoms with Gasteiger partial charge in [0.15, 0.2) is 0 Å². The van der Waals surface area contributed by atoms with Crippen LogP contribution in [0.15, 0.2) is 0 Å². The van der Waals surface area contributed by atoms with Gasteiger partial charge in [0.25, 0.3) is 0 Å². The highest BCUT2D eigenvalue weighted by Gasteiger charge is 2.38. The molecule has 4 nitrogen and oxygen atoms in total. The minimum Gasteiger partial charge on any atom is -0.396 e. The molecule has 19 heavy (non-hydrogen) atoms. The summed E-state index contributed by atoms with van der Waals surface area (Å²) >= 11 is 0. The van der Waals surface area contributed by atoms with Gasteiger partial charge in [0, 0.05) is 44.7 Å². The molecule has 2 fully saturated rings. The fourth-order valence-electron chi connectivity index (χ4n) is 2.78. The number of hydrogen-bond acceptors (Lipinski definition) is 4. The third kappa shape index (κ3) is 4.30. The molecular weight excluding hydrogens is 261 g/mol. The average molecular weight is 282 g/mol. The second-order valence-corrected chi connectivity index (χ2v) is 5.63. The lowest BCUT2D eigenvalue weighted by Crippen LogP contribution is -2.52. The second-order valence-electron chi connectivity index (χ2n) is 5.63. The number of piperazine rings is 1. The Balaban J connectivity index is 1.77. The summed E-state index contributed by atoms with van der Waals surface area (Å²) in [7, 11) is 0. The van der Waals surface area contributed by atoms with Crippen LogP contribution in [0, 0.1) is 5.41 Å². The topological polar surface area (TPSA) is 35.9 Å². The first-order valence-corrected chi connectivity index (χ1v) is 6.63. The van der Waals surface area contributed by atoms with Crippen molar-refractivity contribution in [3.05, 3.63) is 0 Å². The maximum atomic E-state index is 12.3. The highest BCUT2D eigenvalue weighted by Crippen LogP contribution is 2.29. The van der Waals surface area contributed by atoms with E-state index >= 15 is 0 Å². The van der Waals surface area contributed by atoms with E-state index in [1.54, 1.807) is 0 Å². The minimum atomic E-state index is -4.12. The standard InChI is InChI=1S/C12H21F3N2O2/c13-12(14,15)8-17-4-2-16(3-5-17)7-11(9-18)1-6-19-10-11/h18H,1-10H2. The Hall–Kier alpha value is -0.370. The Bertz CT molecular complexity index is 285. The van der Waals surface area contributed by atoms with Crippen molar-refractivity contribution in [2.75, 3.05) is 59.1 Å². The number of ether oxygens (including phenoxy) is 1. The van der Waals surface area contributed by atoms with Crippen LogP contribution in [0.25, 0.3) is 0 Å².